The van der Waals surface area contributed by atoms with Crippen molar-refractivity contribution in [2.45, 2.75) is 32.1 Å². The van der Waals surface area contributed by atoms with E-state index in [0.29, 0.717) is 11.3 Å². The van der Waals surface area contributed by atoms with Crippen molar-refractivity contribution in [3.8, 4) is 0 Å². The zero-order chi connectivity index (χ0) is 13.8. The van der Waals surface area contributed by atoms with Crippen LogP contribution < -0.4 is 16.4 Å². The summed E-state index contributed by atoms with van der Waals surface area (Å²) >= 11 is 0. The van der Waals surface area contributed by atoms with Crippen LogP contribution in [0, 0.1) is 5.92 Å². The van der Waals surface area contributed by atoms with E-state index in [-0.39, 0.29) is 0 Å². The molecular weight excluding hydrogens is 240 g/mol. The van der Waals surface area contributed by atoms with Crippen LogP contribution in [0.2, 0.25) is 0 Å². The standard InChI is InChI=1S/C14H22N4O/c1-18(9-10-5-3-2-4-6-10)13-7-11(14(16)19)12(15)8-17-13/h7-8,10H,2-6,9,15H2,1H3,(H2,16,19). The molecule has 19 heavy (non-hydrogen) atoms. The highest BCUT2D eigenvalue weighted by Crippen LogP contribution is 2.26. The number of carbonyl (C=O) groups is 1. The molecular formula is C14H22N4O. The second kappa shape index (κ2) is 5.91. The first-order valence-electron chi connectivity index (χ1n) is 6.84. The minimum Gasteiger partial charge on any atom is -0.397 e. The lowest BCUT2D eigenvalue weighted by Gasteiger charge is -2.27. The third-order valence-electron chi connectivity index (χ3n) is 3.83. The van der Waals surface area contributed by atoms with Gasteiger partial charge in [0, 0.05) is 13.6 Å². The molecule has 0 radical (unpaired) electrons. The topological polar surface area (TPSA) is 85.2 Å². The molecule has 1 aromatic rings. The highest BCUT2D eigenvalue weighted by molar-refractivity contribution is 5.98. The summed E-state index contributed by atoms with van der Waals surface area (Å²) in [6.45, 7) is 0.967. The van der Waals surface area contributed by atoms with Crippen molar-refractivity contribution >= 4 is 17.4 Å². The molecule has 1 saturated carbocycles. The SMILES string of the molecule is CN(CC1CCCCC1)c1cc(C(N)=O)c(N)cn1. The second-order valence-corrected chi connectivity index (χ2v) is 5.38. The van der Waals surface area contributed by atoms with Crippen molar-refractivity contribution < 1.29 is 4.79 Å². The highest BCUT2D eigenvalue weighted by Gasteiger charge is 2.17. The maximum atomic E-state index is 11.3. The zero-order valence-corrected chi connectivity index (χ0v) is 11.4. The van der Waals surface area contributed by atoms with Gasteiger partial charge in [-0.05, 0) is 24.8 Å². The van der Waals surface area contributed by atoms with Crippen molar-refractivity contribution in [3.05, 3.63) is 17.8 Å². The Morgan fingerprint density at radius 1 is 1.42 bits per heavy atom. The fraction of sp³-hybridized carbons (Fsp3) is 0.571. The molecule has 1 amide bonds. The van der Waals surface area contributed by atoms with Gasteiger partial charge in [0.1, 0.15) is 5.82 Å². The van der Waals surface area contributed by atoms with Gasteiger partial charge in [-0.25, -0.2) is 4.98 Å². The lowest BCUT2D eigenvalue weighted by Crippen LogP contribution is -2.28. The third kappa shape index (κ3) is 3.36. The van der Waals surface area contributed by atoms with E-state index in [1.807, 2.05) is 7.05 Å². The first kappa shape index (κ1) is 13.6. The lowest BCUT2D eigenvalue weighted by atomic mass is 9.89. The predicted molar refractivity (Wildman–Crippen MR) is 77.0 cm³/mol. The lowest BCUT2D eigenvalue weighted by molar-refractivity contribution is 0.100. The van der Waals surface area contributed by atoms with Crippen LogP contribution >= 0.6 is 0 Å². The van der Waals surface area contributed by atoms with Crippen molar-refractivity contribution in [1.82, 2.24) is 4.98 Å². The first-order valence-corrected chi connectivity index (χ1v) is 6.84. The van der Waals surface area contributed by atoms with Gasteiger partial charge >= 0.3 is 0 Å². The van der Waals surface area contributed by atoms with Crippen LogP contribution in [-0.2, 0) is 0 Å². The van der Waals surface area contributed by atoms with Gasteiger partial charge in [-0.1, -0.05) is 19.3 Å². The average Bonchev–Trinajstić information content (AvgIpc) is 2.40. The second-order valence-electron chi connectivity index (χ2n) is 5.38. The Balaban J connectivity index is 2.07. The van der Waals surface area contributed by atoms with Crippen LogP contribution in [0.25, 0.3) is 0 Å². The molecule has 1 aromatic heterocycles. The molecule has 0 bridgehead atoms. The smallest absolute Gasteiger partial charge is 0.250 e. The monoisotopic (exact) mass is 262 g/mol. The average molecular weight is 262 g/mol. The minimum absolute atomic E-state index is 0.335. The van der Waals surface area contributed by atoms with Crippen LogP contribution in [0.15, 0.2) is 12.3 Å². The van der Waals surface area contributed by atoms with E-state index in [0.717, 1.165) is 18.3 Å². The first-order chi connectivity index (χ1) is 9.08. The number of hydrogen-bond donors (Lipinski definition) is 2. The summed E-state index contributed by atoms with van der Waals surface area (Å²) in [5.74, 6) is 0.968. The van der Waals surface area contributed by atoms with E-state index >= 15 is 0 Å². The quantitative estimate of drug-likeness (QED) is 0.866. The number of carbonyl (C=O) groups excluding carboxylic acids is 1. The number of aromatic nitrogens is 1. The number of hydrogen-bond acceptors (Lipinski definition) is 4. The van der Waals surface area contributed by atoms with E-state index in [1.54, 1.807) is 6.07 Å². The van der Waals surface area contributed by atoms with Gasteiger partial charge in [-0.15, -0.1) is 0 Å². The molecule has 0 spiro atoms. The van der Waals surface area contributed by atoms with Gasteiger partial charge in [-0.2, -0.15) is 0 Å². The van der Waals surface area contributed by atoms with Crippen LogP contribution in [0.5, 0.6) is 0 Å². The molecule has 0 aromatic carbocycles. The number of rotatable bonds is 4. The van der Waals surface area contributed by atoms with Gasteiger partial charge in [0.05, 0.1) is 17.4 Å². The Morgan fingerprint density at radius 2 is 2.11 bits per heavy atom. The van der Waals surface area contributed by atoms with Crippen LogP contribution in [0.4, 0.5) is 11.5 Å². The maximum absolute atomic E-state index is 11.3. The summed E-state index contributed by atoms with van der Waals surface area (Å²) < 4.78 is 0. The molecule has 1 heterocycles. The number of nitrogens with zero attached hydrogens (tertiary/aromatic N) is 2. The Hall–Kier alpha value is -1.78. The Labute approximate surface area is 114 Å². The molecule has 5 heteroatoms. The predicted octanol–water partition coefficient (Wildman–Crippen LogP) is 1.78. The van der Waals surface area contributed by atoms with Gasteiger partial charge < -0.3 is 16.4 Å². The minimum atomic E-state index is -0.507. The van der Waals surface area contributed by atoms with E-state index in [4.69, 9.17) is 11.5 Å². The van der Waals surface area contributed by atoms with Gasteiger partial charge in [0.25, 0.3) is 5.91 Å². The van der Waals surface area contributed by atoms with Crippen LogP contribution in [-0.4, -0.2) is 24.5 Å². The summed E-state index contributed by atoms with van der Waals surface area (Å²) in [5.41, 5.74) is 11.7. The van der Waals surface area contributed by atoms with E-state index in [9.17, 15) is 4.79 Å². The van der Waals surface area contributed by atoms with Gasteiger partial charge in [0.2, 0.25) is 0 Å². The largest absolute Gasteiger partial charge is 0.397 e. The maximum Gasteiger partial charge on any atom is 0.250 e. The molecule has 1 fully saturated rings. The Bertz CT molecular complexity index is 455. The zero-order valence-electron chi connectivity index (χ0n) is 11.4. The summed E-state index contributed by atoms with van der Waals surface area (Å²) in [4.78, 5) is 17.6. The van der Waals surface area contributed by atoms with Crippen LogP contribution in [0.1, 0.15) is 42.5 Å². The van der Waals surface area contributed by atoms with Gasteiger partial charge in [0.15, 0.2) is 0 Å². The molecule has 0 aliphatic heterocycles. The molecule has 4 N–H and O–H groups in total. The summed E-state index contributed by atoms with van der Waals surface area (Å²) in [7, 11) is 2.00. The normalized spacial score (nSPS) is 16.3. The summed E-state index contributed by atoms with van der Waals surface area (Å²) in [6, 6.07) is 1.68. The molecule has 0 atom stereocenters. The molecule has 0 unspecified atom stereocenters. The number of nitrogens with two attached hydrogens (primary N) is 2. The van der Waals surface area contributed by atoms with Crippen LogP contribution in [0.3, 0.4) is 0 Å². The molecule has 1 aliphatic rings. The van der Waals surface area contributed by atoms with E-state index in [1.165, 1.54) is 38.3 Å². The number of pyridine rings is 1. The molecule has 104 valence electrons. The molecule has 0 saturated heterocycles. The third-order valence-corrected chi connectivity index (χ3v) is 3.83. The van der Waals surface area contributed by atoms with Crippen molar-refractivity contribution in [3.63, 3.8) is 0 Å². The molecule has 1 aliphatic carbocycles. The highest BCUT2D eigenvalue weighted by atomic mass is 16.1. The van der Waals surface area contributed by atoms with E-state index in [2.05, 4.69) is 9.88 Å². The summed E-state index contributed by atoms with van der Waals surface area (Å²) in [6.07, 6.45) is 8.06. The molecule has 5 nitrogen and oxygen atoms in total. The Morgan fingerprint density at radius 3 is 2.74 bits per heavy atom. The summed E-state index contributed by atoms with van der Waals surface area (Å²) in [5, 5.41) is 0. The number of amides is 1. The fourth-order valence-corrected chi connectivity index (χ4v) is 2.73. The van der Waals surface area contributed by atoms with Crippen molar-refractivity contribution in [1.29, 1.82) is 0 Å². The number of anilines is 2. The number of nitrogen functional groups attached to an aromatic ring is 1. The van der Waals surface area contributed by atoms with E-state index < -0.39 is 5.91 Å². The van der Waals surface area contributed by atoms with Gasteiger partial charge in [-0.3, -0.25) is 4.79 Å². The fourth-order valence-electron chi connectivity index (χ4n) is 2.73. The Kier molecular flexibility index (Phi) is 4.24. The molecule has 2 rings (SSSR count). The van der Waals surface area contributed by atoms with Crippen molar-refractivity contribution in [2.75, 3.05) is 24.2 Å². The van der Waals surface area contributed by atoms with Crippen molar-refractivity contribution in [2.24, 2.45) is 11.7 Å². The number of primary amides is 1.